The number of benzene rings is 8. The summed E-state index contributed by atoms with van der Waals surface area (Å²) in [6.45, 7) is 0. The lowest BCUT2D eigenvalue weighted by Gasteiger charge is -2.26. The van der Waals surface area contributed by atoms with Crippen molar-refractivity contribution in [3.8, 4) is 22.3 Å². The highest BCUT2D eigenvalue weighted by atomic mass is 16.3. The van der Waals surface area contributed by atoms with Gasteiger partial charge in [-0.1, -0.05) is 121 Å². The van der Waals surface area contributed by atoms with Crippen molar-refractivity contribution in [2.75, 3.05) is 4.90 Å². The summed E-state index contributed by atoms with van der Waals surface area (Å²) in [6, 6.07) is 62.0. The summed E-state index contributed by atoms with van der Waals surface area (Å²) < 4.78 is 12.8. The molecule has 49 heavy (non-hydrogen) atoms. The molecule has 0 radical (unpaired) electrons. The van der Waals surface area contributed by atoms with Crippen LogP contribution < -0.4 is 4.90 Å². The molecule has 0 aliphatic carbocycles. The molecule has 0 fully saturated rings. The molecule has 2 heterocycles. The Balaban J connectivity index is 1.10. The van der Waals surface area contributed by atoms with Crippen LogP contribution in [0.2, 0.25) is 0 Å². The van der Waals surface area contributed by atoms with Crippen LogP contribution in [-0.4, -0.2) is 0 Å². The third-order valence-corrected chi connectivity index (χ3v) is 9.68. The number of rotatable bonds is 5. The molecular weight excluding hydrogens is 599 g/mol. The van der Waals surface area contributed by atoms with Gasteiger partial charge in [-0.3, -0.25) is 0 Å². The molecule has 230 valence electrons. The maximum absolute atomic E-state index is 6.66. The molecule has 0 aliphatic rings. The van der Waals surface area contributed by atoms with E-state index in [4.69, 9.17) is 8.83 Å². The molecule has 8 aromatic carbocycles. The maximum atomic E-state index is 6.66. The van der Waals surface area contributed by atoms with E-state index in [0.717, 1.165) is 77.5 Å². The Morgan fingerprint density at radius 1 is 0.327 bits per heavy atom. The average molecular weight is 628 g/mol. The molecule has 3 heteroatoms. The first-order valence-corrected chi connectivity index (χ1v) is 16.6. The first kappa shape index (κ1) is 27.5. The number of furan rings is 2. The largest absolute Gasteiger partial charge is 0.456 e. The van der Waals surface area contributed by atoms with Crippen LogP contribution in [0.4, 0.5) is 17.1 Å². The summed E-state index contributed by atoms with van der Waals surface area (Å²) >= 11 is 0. The van der Waals surface area contributed by atoms with Crippen molar-refractivity contribution in [1.82, 2.24) is 0 Å². The predicted octanol–water partition coefficient (Wildman–Crippen LogP) is 13.4. The highest BCUT2D eigenvalue weighted by Crippen LogP contribution is 2.42. The topological polar surface area (TPSA) is 29.5 Å². The average Bonchev–Trinajstić information content (AvgIpc) is 3.75. The van der Waals surface area contributed by atoms with Crippen molar-refractivity contribution in [1.29, 1.82) is 0 Å². The SMILES string of the molecule is c1ccc(-c2ccc(N(c3ccc(-c4cccc5c4oc4c6ccccc6ccc54)cc3)c3ccc4oc5ccccc5c4c3)cc2)cc1. The third-order valence-electron chi connectivity index (χ3n) is 9.68. The zero-order chi connectivity index (χ0) is 32.3. The Kier molecular flexibility index (Phi) is 6.18. The molecule has 0 N–H and O–H groups in total. The summed E-state index contributed by atoms with van der Waals surface area (Å²) in [5.41, 5.74) is 11.4. The van der Waals surface area contributed by atoms with Crippen LogP contribution in [0, 0.1) is 0 Å². The number of hydrogen-bond donors (Lipinski definition) is 0. The summed E-state index contributed by atoms with van der Waals surface area (Å²) in [5, 5.41) is 6.79. The van der Waals surface area contributed by atoms with Crippen LogP contribution >= 0.6 is 0 Å². The van der Waals surface area contributed by atoms with Crippen molar-refractivity contribution in [2.24, 2.45) is 0 Å². The molecule has 10 aromatic rings. The molecule has 0 atom stereocenters. The standard InChI is InChI=1S/C46H29NO2/c1-2-9-30(10-3-1)31-17-22-34(23-18-31)47(36-26-28-44-42(29-36)39-13-6-7-16-43(39)48-44)35-24-19-33(20-25-35)38-14-8-15-40-41-27-21-32-11-4-5-12-37(32)46(41)49-45(38)40/h1-29H. The number of nitrogens with zero attached hydrogens (tertiary/aromatic N) is 1. The smallest absolute Gasteiger partial charge is 0.143 e. The highest BCUT2D eigenvalue weighted by Gasteiger charge is 2.18. The van der Waals surface area contributed by atoms with Gasteiger partial charge in [0.1, 0.15) is 22.3 Å². The summed E-state index contributed by atoms with van der Waals surface area (Å²) in [4.78, 5) is 2.31. The molecule has 0 aliphatic heterocycles. The van der Waals surface area contributed by atoms with E-state index in [-0.39, 0.29) is 0 Å². The van der Waals surface area contributed by atoms with Gasteiger partial charge in [0.2, 0.25) is 0 Å². The first-order valence-electron chi connectivity index (χ1n) is 16.6. The molecular formula is C46H29NO2. The summed E-state index contributed by atoms with van der Waals surface area (Å²) in [6.07, 6.45) is 0. The lowest BCUT2D eigenvalue weighted by molar-refractivity contribution is 0.669. The Morgan fingerprint density at radius 2 is 0.939 bits per heavy atom. The Labute approximate surface area is 282 Å². The van der Waals surface area contributed by atoms with Gasteiger partial charge >= 0.3 is 0 Å². The van der Waals surface area contributed by atoms with Crippen LogP contribution in [0.15, 0.2) is 185 Å². The fourth-order valence-corrected chi connectivity index (χ4v) is 7.28. The van der Waals surface area contributed by atoms with Crippen molar-refractivity contribution >= 4 is 71.7 Å². The lowest BCUT2D eigenvalue weighted by atomic mass is 10.0. The van der Waals surface area contributed by atoms with Crippen molar-refractivity contribution < 1.29 is 8.83 Å². The Morgan fingerprint density at radius 3 is 1.76 bits per heavy atom. The van der Waals surface area contributed by atoms with E-state index < -0.39 is 0 Å². The monoisotopic (exact) mass is 627 g/mol. The Hall–Kier alpha value is -6.58. The molecule has 0 unspecified atom stereocenters. The van der Waals surface area contributed by atoms with Crippen molar-refractivity contribution in [3.63, 3.8) is 0 Å². The molecule has 0 saturated carbocycles. The molecule has 0 saturated heterocycles. The van der Waals surface area contributed by atoms with Gasteiger partial charge < -0.3 is 13.7 Å². The predicted molar refractivity (Wildman–Crippen MR) is 204 cm³/mol. The zero-order valence-electron chi connectivity index (χ0n) is 26.5. The number of para-hydroxylation sites is 2. The molecule has 3 nitrogen and oxygen atoms in total. The molecule has 10 rings (SSSR count). The maximum Gasteiger partial charge on any atom is 0.143 e. The highest BCUT2D eigenvalue weighted by molar-refractivity contribution is 6.17. The second kappa shape index (κ2) is 11.0. The van der Waals surface area contributed by atoms with E-state index in [1.807, 2.05) is 12.1 Å². The van der Waals surface area contributed by atoms with Crippen molar-refractivity contribution in [2.45, 2.75) is 0 Å². The fourth-order valence-electron chi connectivity index (χ4n) is 7.28. The van der Waals surface area contributed by atoms with Crippen molar-refractivity contribution in [3.05, 3.63) is 176 Å². The van der Waals surface area contributed by atoms with E-state index in [2.05, 4.69) is 169 Å². The number of hydrogen-bond acceptors (Lipinski definition) is 3. The van der Waals surface area contributed by atoms with Crippen LogP contribution in [0.1, 0.15) is 0 Å². The minimum atomic E-state index is 0.881. The van der Waals surface area contributed by atoms with E-state index in [0.29, 0.717) is 0 Å². The molecule has 2 aromatic heterocycles. The molecule has 0 amide bonds. The lowest BCUT2D eigenvalue weighted by Crippen LogP contribution is -2.09. The van der Waals surface area contributed by atoms with Crippen LogP contribution in [0.3, 0.4) is 0 Å². The second-order valence-corrected chi connectivity index (χ2v) is 12.5. The molecule has 0 bridgehead atoms. The van der Waals surface area contributed by atoms with Crippen LogP contribution in [-0.2, 0) is 0 Å². The zero-order valence-corrected chi connectivity index (χ0v) is 26.5. The van der Waals surface area contributed by atoms with Gasteiger partial charge in [-0.15, -0.1) is 0 Å². The molecule has 0 spiro atoms. The van der Waals surface area contributed by atoms with E-state index in [1.54, 1.807) is 0 Å². The van der Waals surface area contributed by atoms with Gasteiger partial charge in [0.05, 0.1) is 0 Å². The number of anilines is 3. The number of fused-ring (bicyclic) bond motifs is 8. The van der Waals surface area contributed by atoms with Gasteiger partial charge in [0, 0.05) is 49.6 Å². The minimum absolute atomic E-state index is 0.881. The third kappa shape index (κ3) is 4.51. The second-order valence-electron chi connectivity index (χ2n) is 12.5. The van der Waals surface area contributed by atoms with Gasteiger partial charge in [-0.25, -0.2) is 0 Å². The van der Waals surface area contributed by atoms with Gasteiger partial charge in [-0.05, 0) is 76.7 Å². The quantitative estimate of drug-likeness (QED) is 0.190. The summed E-state index contributed by atoms with van der Waals surface area (Å²) in [7, 11) is 0. The minimum Gasteiger partial charge on any atom is -0.456 e. The first-order chi connectivity index (χ1) is 24.3. The normalized spacial score (nSPS) is 11.7. The van der Waals surface area contributed by atoms with E-state index in [1.165, 1.54) is 16.5 Å². The van der Waals surface area contributed by atoms with Gasteiger partial charge in [0.15, 0.2) is 0 Å². The van der Waals surface area contributed by atoms with E-state index >= 15 is 0 Å². The Bertz CT molecular complexity index is 2810. The van der Waals surface area contributed by atoms with Gasteiger partial charge in [0.25, 0.3) is 0 Å². The fraction of sp³-hybridized carbons (Fsp3) is 0. The van der Waals surface area contributed by atoms with Gasteiger partial charge in [-0.2, -0.15) is 0 Å². The van der Waals surface area contributed by atoms with Crippen LogP contribution in [0.25, 0.3) is 76.9 Å². The van der Waals surface area contributed by atoms with Crippen LogP contribution in [0.5, 0.6) is 0 Å². The van der Waals surface area contributed by atoms with E-state index in [9.17, 15) is 0 Å². The summed E-state index contributed by atoms with van der Waals surface area (Å²) in [5.74, 6) is 0.